The number of nitrogens with zero attached hydrogens (tertiary/aromatic N) is 2. The molecular formula is C15H21N3OS. The number of aromatic nitrogens is 1. The van der Waals surface area contributed by atoms with Gasteiger partial charge in [0, 0.05) is 6.54 Å². The van der Waals surface area contributed by atoms with Gasteiger partial charge in [0.1, 0.15) is 10.8 Å². The van der Waals surface area contributed by atoms with Gasteiger partial charge in [0.15, 0.2) is 0 Å². The normalized spacial score (nSPS) is 19.8. The van der Waals surface area contributed by atoms with Crippen molar-refractivity contribution in [2.75, 3.05) is 33.8 Å². The van der Waals surface area contributed by atoms with E-state index in [1.54, 1.807) is 18.4 Å². The number of fused-ring (bicyclic) bond motifs is 1. The first-order chi connectivity index (χ1) is 9.78. The minimum absolute atomic E-state index is 0.787. The third kappa shape index (κ3) is 2.95. The van der Waals surface area contributed by atoms with Gasteiger partial charge < -0.3 is 10.1 Å². The van der Waals surface area contributed by atoms with E-state index >= 15 is 0 Å². The lowest BCUT2D eigenvalue weighted by Crippen LogP contribution is -2.24. The van der Waals surface area contributed by atoms with Gasteiger partial charge in [0.25, 0.3) is 0 Å². The lowest BCUT2D eigenvalue weighted by atomic mass is 10.1. The van der Waals surface area contributed by atoms with Gasteiger partial charge in [-0.05, 0) is 50.7 Å². The summed E-state index contributed by atoms with van der Waals surface area (Å²) in [7, 11) is 3.73. The van der Waals surface area contributed by atoms with E-state index in [-0.39, 0.29) is 0 Å². The number of methoxy groups -OCH3 is 1. The molecular weight excluding hydrogens is 270 g/mol. The molecule has 0 spiro atoms. The Morgan fingerprint density at radius 2 is 2.40 bits per heavy atom. The van der Waals surface area contributed by atoms with E-state index in [1.807, 2.05) is 19.2 Å². The monoisotopic (exact) mass is 291 g/mol. The Labute approximate surface area is 123 Å². The highest BCUT2D eigenvalue weighted by Gasteiger charge is 2.22. The van der Waals surface area contributed by atoms with Crippen molar-refractivity contribution >= 4 is 21.6 Å². The summed E-state index contributed by atoms with van der Waals surface area (Å²) >= 11 is 1.78. The molecule has 1 aliphatic rings. The molecule has 5 heteroatoms. The molecule has 0 amide bonds. The van der Waals surface area contributed by atoms with Gasteiger partial charge in [-0.1, -0.05) is 0 Å². The third-order valence-corrected chi connectivity index (χ3v) is 4.86. The van der Waals surface area contributed by atoms with Crippen molar-refractivity contribution in [3.05, 3.63) is 23.2 Å². The summed E-state index contributed by atoms with van der Waals surface area (Å²) in [5.41, 5.74) is 1.08. The smallest absolute Gasteiger partial charge is 0.120 e. The summed E-state index contributed by atoms with van der Waals surface area (Å²) in [6.07, 6.45) is 1.29. The highest BCUT2D eigenvalue weighted by Crippen LogP contribution is 2.28. The Balaban J connectivity index is 1.69. The zero-order chi connectivity index (χ0) is 13.9. The molecule has 1 fully saturated rings. The highest BCUT2D eigenvalue weighted by atomic mass is 32.1. The van der Waals surface area contributed by atoms with Gasteiger partial charge in [-0.3, -0.25) is 4.90 Å². The van der Waals surface area contributed by atoms with E-state index in [2.05, 4.69) is 16.3 Å². The molecule has 4 nitrogen and oxygen atoms in total. The first kappa shape index (κ1) is 13.8. The van der Waals surface area contributed by atoms with Crippen LogP contribution < -0.4 is 10.1 Å². The van der Waals surface area contributed by atoms with Crippen LogP contribution in [0.2, 0.25) is 0 Å². The Morgan fingerprint density at radius 1 is 1.50 bits per heavy atom. The molecule has 0 bridgehead atoms. The van der Waals surface area contributed by atoms with E-state index in [0.29, 0.717) is 0 Å². The van der Waals surface area contributed by atoms with Gasteiger partial charge in [-0.2, -0.15) is 0 Å². The Bertz CT molecular complexity index is 584. The maximum Gasteiger partial charge on any atom is 0.120 e. The second kappa shape index (κ2) is 6.08. The van der Waals surface area contributed by atoms with Crippen LogP contribution in [0.1, 0.15) is 11.4 Å². The molecule has 1 atom stereocenters. The largest absolute Gasteiger partial charge is 0.497 e. The number of rotatable bonds is 5. The summed E-state index contributed by atoms with van der Waals surface area (Å²) in [6.45, 7) is 4.46. The van der Waals surface area contributed by atoms with Crippen molar-refractivity contribution in [1.29, 1.82) is 0 Å². The number of ether oxygens (including phenoxy) is 1. The van der Waals surface area contributed by atoms with E-state index in [4.69, 9.17) is 9.72 Å². The zero-order valence-electron chi connectivity index (χ0n) is 12.1. The predicted molar refractivity (Wildman–Crippen MR) is 83.5 cm³/mol. The van der Waals surface area contributed by atoms with Crippen LogP contribution in [0.4, 0.5) is 0 Å². The number of hydrogen-bond acceptors (Lipinski definition) is 5. The fraction of sp³-hybridized carbons (Fsp3) is 0.533. The summed E-state index contributed by atoms with van der Waals surface area (Å²) in [5, 5.41) is 4.48. The van der Waals surface area contributed by atoms with Crippen molar-refractivity contribution in [2.24, 2.45) is 5.92 Å². The van der Waals surface area contributed by atoms with Crippen LogP contribution in [-0.4, -0.2) is 43.7 Å². The number of hydrogen-bond donors (Lipinski definition) is 1. The molecule has 1 aliphatic heterocycles. The second-order valence-corrected chi connectivity index (χ2v) is 6.50. The predicted octanol–water partition coefficient (Wildman–Crippen LogP) is 2.35. The maximum absolute atomic E-state index is 5.27. The Hall–Kier alpha value is -1.17. The third-order valence-electron chi connectivity index (χ3n) is 3.86. The number of benzene rings is 1. The number of likely N-dealkylation sites (tertiary alicyclic amines) is 1. The average molecular weight is 291 g/mol. The van der Waals surface area contributed by atoms with Crippen molar-refractivity contribution in [1.82, 2.24) is 15.2 Å². The Kier molecular flexibility index (Phi) is 4.19. The fourth-order valence-corrected chi connectivity index (χ4v) is 3.89. The zero-order valence-corrected chi connectivity index (χ0v) is 12.9. The lowest BCUT2D eigenvalue weighted by molar-refractivity contribution is 0.315. The van der Waals surface area contributed by atoms with Gasteiger partial charge in [0.05, 0.1) is 23.9 Å². The number of nitrogens with one attached hydrogen (secondary N) is 1. The molecule has 1 aromatic heterocycles. The molecule has 2 aromatic rings. The van der Waals surface area contributed by atoms with E-state index < -0.39 is 0 Å². The topological polar surface area (TPSA) is 37.4 Å². The SMILES string of the molecule is CNCC1CCN(Cc2nc3ccc(OC)cc3s2)C1. The molecule has 3 rings (SSSR count). The van der Waals surface area contributed by atoms with Crippen LogP contribution >= 0.6 is 11.3 Å². The van der Waals surface area contributed by atoms with Crippen molar-refractivity contribution in [2.45, 2.75) is 13.0 Å². The van der Waals surface area contributed by atoms with Gasteiger partial charge >= 0.3 is 0 Å². The molecule has 1 N–H and O–H groups in total. The van der Waals surface area contributed by atoms with Gasteiger partial charge in [-0.25, -0.2) is 4.98 Å². The van der Waals surface area contributed by atoms with Gasteiger partial charge in [-0.15, -0.1) is 11.3 Å². The molecule has 108 valence electrons. The standard InChI is InChI=1S/C15H21N3OS/c1-16-8-11-5-6-18(9-11)10-15-17-13-4-3-12(19-2)7-14(13)20-15/h3-4,7,11,16H,5-6,8-10H2,1-2H3. The summed E-state index contributed by atoms with van der Waals surface area (Å²) in [5.74, 6) is 1.69. The first-order valence-electron chi connectivity index (χ1n) is 7.09. The average Bonchev–Trinajstić information content (AvgIpc) is 3.05. The van der Waals surface area contributed by atoms with E-state index in [1.165, 1.54) is 29.2 Å². The van der Waals surface area contributed by atoms with Crippen molar-refractivity contribution < 1.29 is 4.74 Å². The van der Waals surface area contributed by atoms with Crippen molar-refractivity contribution in [3.63, 3.8) is 0 Å². The van der Waals surface area contributed by atoms with E-state index in [0.717, 1.165) is 30.3 Å². The number of thiazole rings is 1. The molecule has 0 radical (unpaired) electrons. The molecule has 1 unspecified atom stereocenters. The molecule has 20 heavy (non-hydrogen) atoms. The summed E-state index contributed by atoms with van der Waals surface area (Å²) < 4.78 is 6.48. The first-order valence-corrected chi connectivity index (χ1v) is 7.90. The van der Waals surface area contributed by atoms with Crippen LogP contribution in [0.15, 0.2) is 18.2 Å². The van der Waals surface area contributed by atoms with Crippen LogP contribution in [-0.2, 0) is 6.54 Å². The quantitative estimate of drug-likeness (QED) is 0.917. The Morgan fingerprint density at radius 3 is 3.20 bits per heavy atom. The molecule has 0 saturated carbocycles. The summed E-state index contributed by atoms with van der Waals surface area (Å²) in [6, 6.07) is 6.09. The van der Waals surface area contributed by atoms with Crippen molar-refractivity contribution in [3.8, 4) is 5.75 Å². The van der Waals surface area contributed by atoms with E-state index in [9.17, 15) is 0 Å². The molecule has 2 heterocycles. The fourth-order valence-electron chi connectivity index (χ4n) is 2.85. The van der Waals surface area contributed by atoms with Crippen LogP contribution in [0.3, 0.4) is 0 Å². The van der Waals surface area contributed by atoms with Crippen LogP contribution in [0.5, 0.6) is 5.75 Å². The lowest BCUT2D eigenvalue weighted by Gasteiger charge is -2.13. The van der Waals surface area contributed by atoms with Crippen LogP contribution in [0.25, 0.3) is 10.2 Å². The minimum Gasteiger partial charge on any atom is -0.497 e. The molecule has 1 aromatic carbocycles. The molecule has 1 saturated heterocycles. The van der Waals surface area contributed by atoms with Crippen LogP contribution in [0, 0.1) is 5.92 Å². The second-order valence-electron chi connectivity index (χ2n) is 5.39. The van der Waals surface area contributed by atoms with Gasteiger partial charge in [0.2, 0.25) is 0 Å². The maximum atomic E-state index is 5.27. The summed E-state index contributed by atoms with van der Waals surface area (Å²) in [4.78, 5) is 7.24. The highest BCUT2D eigenvalue weighted by molar-refractivity contribution is 7.18. The minimum atomic E-state index is 0.787. The molecule has 0 aliphatic carbocycles.